The van der Waals surface area contributed by atoms with Gasteiger partial charge in [0.05, 0.1) is 16.7 Å². The number of nitrogens with zero attached hydrogens (tertiary/aromatic N) is 1. The van der Waals surface area contributed by atoms with Crippen LogP contribution in [0, 0.1) is 0 Å². The van der Waals surface area contributed by atoms with Gasteiger partial charge in [0.1, 0.15) is 0 Å². The molecule has 0 saturated carbocycles. The van der Waals surface area contributed by atoms with E-state index in [4.69, 9.17) is 0 Å². The fourth-order valence-corrected chi connectivity index (χ4v) is 8.39. The van der Waals surface area contributed by atoms with Gasteiger partial charge in [-0.25, -0.2) is 0 Å². The molecule has 0 saturated heterocycles. The average Bonchev–Trinajstić information content (AvgIpc) is 3.70. The van der Waals surface area contributed by atoms with E-state index in [0.717, 1.165) is 0 Å². The molecule has 1 aliphatic rings. The first-order valence-corrected chi connectivity index (χ1v) is 15.3. The van der Waals surface area contributed by atoms with Gasteiger partial charge in [0.2, 0.25) is 0 Å². The number of thiophene rings is 1. The van der Waals surface area contributed by atoms with Crippen LogP contribution in [0.2, 0.25) is 0 Å². The molecule has 2 heteroatoms. The summed E-state index contributed by atoms with van der Waals surface area (Å²) in [5.74, 6) is 0. The Morgan fingerprint density at radius 2 is 1.00 bits per heavy atom. The Kier molecular flexibility index (Phi) is 4.39. The lowest BCUT2D eigenvalue weighted by Crippen LogP contribution is -1.95. The predicted molar refractivity (Wildman–Crippen MR) is 181 cm³/mol. The van der Waals surface area contributed by atoms with E-state index in [1.807, 2.05) is 11.3 Å². The molecular weight excluding hydrogens is 527 g/mol. The highest BCUT2D eigenvalue weighted by Gasteiger charge is 2.23. The molecule has 10 rings (SSSR count). The van der Waals surface area contributed by atoms with Crippen LogP contribution in [0.25, 0.3) is 91.8 Å². The van der Waals surface area contributed by atoms with Gasteiger partial charge < -0.3 is 4.57 Å². The molecule has 1 nitrogen and oxygen atoms in total. The minimum atomic E-state index is 1.23. The Hall–Kier alpha value is -5.18. The average molecular weight is 550 g/mol. The number of aromatic nitrogens is 1. The second kappa shape index (κ2) is 8.19. The van der Waals surface area contributed by atoms with Crippen LogP contribution in [0.4, 0.5) is 0 Å². The lowest BCUT2D eigenvalue weighted by Gasteiger charge is -2.13. The van der Waals surface area contributed by atoms with Crippen molar-refractivity contribution in [2.75, 3.05) is 0 Å². The second-order valence-corrected chi connectivity index (χ2v) is 12.4. The van der Waals surface area contributed by atoms with Gasteiger partial charge in [0.25, 0.3) is 0 Å². The zero-order valence-corrected chi connectivity index (χ0v) is 23.5. The van der Waals surface area contributed by atoms with E-state index >= 15 is 0 Å². The van der Waals surface area contributed by atoms with Crippen LogP contribution in [0.1, 0.15) is 0 Å². The van der Waals surface area contributed by atoms with E-state index in [2.05, 4.69) is 144 Å². The van der Waals surface area contributed by atoms with Gasteiger partial charge in [-0.3, -0.25) is 0 Å². The first-order valence-electron chi connectivity index (χ1n) is 14.4. The van der Waals surface area contributed by atoms with Crippen molar-refractivity contribution in [3.8, 4) is 39.1 Å². The molecule has 0 bridgehead atoms. The minimum Gasteiger partial charge on any atom is -0.309 e. The van der Waals surface area contributed by atoms with E-state index in [0.29, 0.717) is 0 Å². The molecule has 0 amide bonds. The van der Waals surface area contributed by atoms with Crippen LogP contribution in [-0.2, 0) is 0 Å². The monoisotopic (exact) mass is 549 g/mol. The molecule has 1 aliphatic carbocycles. The fraction of sp³-hybridized carbons (Fsp3) is 0. The largest absolute Gasteiger partial charge is 0.309 e. The quantitative estimate of drug-likeness (QED) is 0.202. The highest BCUT2D eigenvalue weighted by Crippen LogP contribution is 2.49. The molecule has 0 spiro atoms. The van der Waals surface area contributed by atoms with Gasteiger partial charge >= 0.3 is 0 Å². The standard InChI is InChI=1S/C40H23NS/c1-2-9-27-26(8-1)30-12-7-13-32-36(20-18-31(27)40(30)32)41-35-14-5-3-10-28(35)33-22-24(16-19-37(33)41)25-17-21-39-34(23-25)29-11-4-6-15-38(29)42-39/h1-23H. The zero-order valence-electron chi connectivity index (χ0n) is 22.6. The Morgan fingerprint density at radius 1 is 0.381 bits per heavy atom. The Bertz CT molecular complexity index is 2550. The number of hydrogen-bond donors (Lipinski definition) is 0. The summed E-state index contributed by atoms with van der Waals surface area (Å²) >= 11 is 1.87. The molecule has 0 unspecified atom stereocenters. The molecule has 7 aromatic carbocycles. The molecule has 2 heterocycles. The van der Waals surface area contributed by atoms with Gasteiger partial charge in [-0.1, -0.05) is 97.1 Å². The van der Waals surface area contributed by atoms with Crippen LogP contribution in [0.5, 0.6) is 0 Å². The number of benzene rings is 7. The van der Waals surface area contributed by atoms with Crippen molar-refractivity contribution in [2.24, 2.45) is 0 Å². The lowest BCUT2D eigenvalue weighted by atomic mass is 10.0. The highest BCUT2D eigenvalue weighted by atomic mass is 32.1. The SMILES string of the molecule is c1ccc2c(c1)-c1cccc3c(-n4c5ccccc5c5cc(-c6ccc7sc8ccccc8c7c6)ccc54)ccc-2c13. The third-order valence-electron chi connectivity index (χ3n) is 9.15. The summed E-state index contributed by atoms with van der Waals surface area (Å²) in [5.41, 5.74) is 11.5. The molecule has 0 aliphatic heterocycles. The van der Waals surface area contributed by atoms with Crippen molar-refractivity contribution in [3.05, 3.63) is 140 Å². The van der Waals surface area contributed by atoms with Gasteiger partial charge in [-0.15, -0.1) is 11.3 Å². The molecule has 9 aromatic rings. The Morgan fingerprint density at radius 3 is 1.88 bits per heavy atom. The van der Waals surface area contributed by atoms with E-state index in [1.165, 1.54) is 91.8 Å². The third kappa shape index (κ3) is 2.92. The first-order chi connectivity index (χ1) is 20.8. The Balaban J connectivity index is 1.22. The Labute approximate surface area is 246 Å². The van der Waals surface area contributed by atoms with Crippen molar-refractivity contribution in [3.63, 3.8) is 0 Å². The molecule has 0 atom stereocenters. The molecule has 2 aromatic heterocycles. The van der Waals surface area contributed by atoms with Crippen molar-refractivity contribution < 1.29 is 0 Å². The third-order valence-corrected chi connectivity index (χ3v) is 10.3. The smallest absolute Gasteiger partial charge is 0.0541 e. The molecule has 194 valence electrons. The topological polar surface area (TPSA) is 4.93 Å². The van der Waals surface area contributed by atoms with Crippen LogP contribution >= 0.6 is 11.3 Å². The number of para-hydroxylation sites is 1. The molecule has 0 fully saturated rings. The van der Waals surface area contributed by atoms with Crippen LogP contribution in [-0.4, -0.2) is 4.57 Å². The summed E-state index contributed by atoms with van der Waals surface area (Å²) in [5, 5.41) is 7.89. The van der Waals surface area contributed by atoms with Crippen LogP contribution in [0.15, 0.2) is 140 Å². The van der Waals surface area contributed by atoms with Gasteiger partial charge in [-0.05, 0) is 81.2 Å². The summed E-state index contributed by atoms with van der Waals surface area (Å²) in [6.45, 7) is 0. The summed E-state index contributed by atoms with van der Waals surface area (Å²) in [6, 6.07) is 51.7. The van der Waals surface area contributed by atoms with E-state index < -0.39 is 0 Å². The van der Waals surface area contributed by atoms with Gasteiger partial charge in [0, 0.05) is 36.3 Å². The van der Waals surface area contributed by atoms with Crippen LogP contribution in [0.3, 0.4) is 0 Å². The second-order valence-electron chi connectivity index (χ2n) is 11.3. The number of fused-ring (bicyclic) bond motifs is 9. The van der Waals surface area contributed by atoms with E-state index in [9.17, 15) is 0 Å². The van der Waals surface area contributed by atoms with E-state index in [-0.39, 0.29) is 0 Å². The van der Waals surface area contributed by atoms with Gasteiger partial charge in [-0.2, -0.15) is 0 Å². The van der Waals surface area contributed by atoms with Gasteiger partial charge in [0.15, 0.2) is 0 Å². The van der Waals surface area contributed by atoms with E-state index in [1.54, 1.807) is 0 Å². The number of rotatable bonds is 2. The minimum absolute atomic E-state index is 1.23. The summed E-state index contributed by atoms with van der Waals surface area (Å²) < 4.78 is 5.15. The summed E-state index contributed by atoms with van der Waals surface area (Å²) in [4.78, 5) is 0. The zero-order chi connectivity index (χ0) is 27.4. The maximum atomic E-state index is 2.47. The lowest BCUT2D eigenvalue weighted by molar-refractivity contribution is 1.20. The maximum absolute atomic E-state index is 2.47. The molecule has 0 N–H and O–H groups in total. The van der Waals surface area contributed by atoms with Crippen molar-refractivity contribution in [2.45, 2.75) is 0 Å². The fourth-order valence-electron chi connectivity index (χ4n) is 7.31. The highest BCUT2D eigenvalue weighted by molar-refractivity contribution is 7.25. The summed E-state index contributed by atoms with van der Waals surface area (Å²) in [6.07, 6.45) is 0. The maximum Gasteiger partial charge on any atom is 0.0541 e. The van der Waals surface area contributed by atoms with Crippen molar-refractivity contribution in [1.82, 2.24) is 4.57 Å². The summed E-state index contributed by atoms with van der Waals surface area (Å²) in [7, 11) is 0. The molecule has 0 radical (unpaired) electrons. The predicted octanol–water partition coefficient (Wildman–Crippen LogP) is 11.6. The van der Waals surface area contributed by atoms with Crippen molar-refractivity contribution >= 4 is 64.1 Å². The first kappa shape index (κ1) is 22.5. The number of hydrogen-bond acceptors (Lipinski definition) is 1. The molecule has 42 heavy (non-hydrogen) atoms. The van der Waals surface area contributed by atoms with Crippen LogP contribution < -0.4 is 0 Å². The molecular formula is C40H23NS. The van der Waals surface area contributed by atoms with Crippen molar-refractivity contribution in [1.29, 1.82) is 0 Å². The normalized spacial score (nSPS) is 12.3.